The molecule has 1 saturated carbocycles. The number of imidazole rings is 1. The molecule has 1 aliphatic carbocycles. The molecule has 1 heterocycles. The highest BCUT2D eigenvalue weighted by Gasteiger charge is 2.42. The lowest BCUT2D eigenvalue weighted by Gasteiger charge is -2.17. The number of aryl methyl sites for hydroxylation is 1. The first kappa shape index (κ1) is 14.8. The number of hydrogen-bond acceptors (Lipinski definition) is 1. The summed E-state index contributed by atoms with van der Waals surface area (Å²) in [4.78, 5) is 4.35. The van der Waals surface area contributed by atoms with E-state index in [1.165, 1.54) is 18.9 Å². The molecular formula is C16H19ClF2N2. The van der Waals surface area contributed by atoms with Gasteiger partial charge in [0.05, 0.1) is 5.52 Å². The fourth-order valence-corrected chi connectivity index (χ4v) is 3.35. The summed E-state index contributed by atoms with van der Waals surface area (Å²) in [6.45, 7) is 2.96. The summed E-state index contributed by atoms with van der Waals surface area (Å²) in [6.07, 6.45) is 5.20. The van der Waals surface area contributed by atoms with Crippen molar-refractivity contribution in [2.75, 3.05) is 5.88 Å². The minimum Gasteiger partial charge on any atom is -0.327 e. The quantitative estimate of drug-likeness (QED) is 0.708. The smallest absolute Gasteiger partial charge is 0.153 e. The monoisotopic (exact) mass is 312 g/mol. The van der Waals surface area contributed by atoms with Gasteiger partial charge in [-0.3, -0.25) is 0 Å². The molecular weight excluding hydrogens is 294 g/mol. The summed E-state index contributed by atoms with van der Waals surface area (Å²) >= 11 is 5.83. The van der Waals surface area contributed by atoms with Gasteiger partial charge in [-0.2, -0.15) is 0 Å². The van der Waals surface area contributed by atoms with Crippen LogP contribution in [0.5, 0.6) is 0 Å². The predicted octanol–water partition coefficient (Wildman–Crippen LogP) is 4.68. The zero-order valence-electron chi connectivity index (χ0n) is 12.1. The first-order chi connectivity index (χ1) is 10.1. The molecule has 21 heavy (non-hydrogen) atoms. The van der Waals surface area contributed by atoms with E-state index >= 15 is 0 Å². The highest BCUT2D eigenvalue weighted by molar-refractivity contribution is 6.17. The number of nitrogens with zero attached hydrogens (tertiary/aromatic N) is 2. The van der Waals surface area contributed by atoms with E-state index in [1.807, 2.05) is 4.57 Å². The van der Waals surface area contributed by atoms with E-state index in [0.29, 0.717) is 17.8 Å². The van der Waals surface area contributed by atoms with Gasteiger partial charge in [-0.05, 0) is 30.7 Å². The molecule has 1 aromatic carbocycles. The Kier molecular flexibility index (Phi) is 3.91. The van der Waals surface area contributed by atoms with Crippen LogP contribution in [0.1, 0.15) is 38.4 Å². The molecule has 2 nitrogen and oxygen atoms in total. The number of alkyl halides is 1. The summed E-state index contributed by atoms with van der Waals surface area (Å²) in [6, 6.07) is 2.27. The predicted molar refractivity (Wildman–Crippen MR) is 80.6 cm³/mol. The van der Waals surface area contributed by atoms with Crippen LogP contribution in [0.2, 0.25) is 0 Å². The minimum atomic E-state index is -0.597. The second kappa shape index (κ2) is 5.56. The SMILES string of the molecule is CCCC1(Cn2c(CCCl)nc3c(F)cc(F)cc32)CC1. The van der Waals surface area contributed by atoms with Crippen LogP contribution in [0.3, 0.4) is 0 Å². The molecule has 1 aromatic heterocycles. The topological polar surface area (TPSA) is 17.8 Å². The number of hydrogen-bond donors (Lipinski definition) is 0. The van der Waals surface area contributed by atoms with Crippen LogP contribution in [0.15, 0.2) is 12.1 Å². The molecule has 5 heteroatoms. The molecule has 0 spiro atoms. The van der Waals surface area contributed by atoms with Crippen molar-refractivity contribution in [3.8, 4) is 0 Å². The Morgan fingerprint density at radius 1 is 1.33 bits per heavy atom. The second-order valence-corrected chi connectivity index (χ2v) is 6.44. The van der Waals surface area contributed by atoms with E-state index in [2.05, 4.69) is 11.9 Å². The standard InChI is InChI=1S/C16H19ClF2N2/c1-2-4-16(5-6-16)10-21-13-9-11(18)8-12(19)15(13)20-14(21)3-7-17/h8-9H,2-7,10H2,1H3. The molecule has 0 atom stereocenters. The molecule has 1 fully saturated rings. The van der Waals surface area contributed by atoms with Crippen LogP contribution in [0.25, 0.3) is 11.0 Å². The maximum Gasteiger partial charge on any atom is 0.153 e. The molecule has 3 rings (SSSR count). The largest absolute Gasteiger partial charge is 0.327 e. The van der Waals surface area contributed by atoms with Crippen molar-refractivity contribution in [1.29, 1.82) is 0 Å². The molecule has 0 aliphatic heterocycles. The van der Waals surface area contributed by atoms with Crippen molar-refractivity contribution < 1.29 is 8.78 Å². The Morgan fingerprint density at radius 3 is 2.71 bits per heavy atom. The van der Waals surface area contributed by atoms with E-state index in [4.69, 9.17) is 11.6 Å². The average Bonchev–Trinajstić information content (AvgIpc) is 3.10. The van der Waals surface area contributed by atoms with Crippen LogP contribution in [-0.2, 0) is 13.0 Å². The van der Waals surface area contributed by atoms with Gasteiger partial charge < -0.3 is 4.57 Å². The second-order valence-electron chi connectivity index (χ2n) is 6.06. The number of fused-ring (bicyclic) bond motifs is 1. The van der Waals surface area contributed by atoms with Crippen molar-refractivity contribution >= 4 is 22.6 Å². The molecule has 1 aliphatic rings. The van der Waals surface area contributed by atoms with Crippen molar-refractivity contribution in [2.24, 2.45) is 5.41 Å². The summed E-state index contributed by atoms with van der Waals surface area (Å²) in [5.74, 6) is 0.0273. The van der Waals surface area contributed by atoms with Crippen LogP contribution >= 0.6 is 11.6 Å². The number of aromatic nitrogens is 2. The van der Waals surface area contributed by atoms with Gasteiger partial charge in [0.15, 0.2) is 5.82 Å². The van der Waals surface area contributed by atoms with E-state index in [0.717, 1.165) is 31.3 Å². The lowest BCUT2D eigenvalue weighted by molar-refractivity contribution is 0.387. The van der Waals surface area contributed by atoms with Gasteiger partial charge in [0.25, 0.3) is 0 Å². The fraction of sp³-hybridized carbons (Fsp3) is 0.562. The first-order valence-corrected chi connectivity index (χ1v) is 8.02. The lowest BCUT2D eigenvalue weighted by atomic mass is 10.0. The Hall–Kier alpha value is -1.16. The van der Waals surface area contributed by atoms with Gasteiger partial charge in [0, 0.05) is 24.9 Å². The summed E-state index contributed by atoms with van der Waals surface area (Å²) in [7, 11) is 0. The Labute approximate surface area is 128 Å². The molecule has 0 amide bonds. The average molecular weight is 313 g/mol. The zero-order valence-corrected chi connectivity index (χ0v) is 12.9. The van der Waals surface area contributed by atoms with Gasteiger partial charge >= 0.3 is 0 Å². The fourth-order valence-electron chi connectivity index (χ4n) is 3.18. The van der Waals surface area contributed by atoms with Gasteiger partial charge in [0.1, 0.15) is 17.2 Å². The van der Waals surface area contributed by atoms with Crippen molar-refractivity contribution in [3.05, 3.63) is 29.6 Å². The van der Waals surface area contributed by atoms with Crippen LogP contribution in [-0.4, -0.2) is 15.4 Å². The molecule has 0 unspecified atom stereocenters. The summed E-state index contributed by atoms with van der Waals surface area (Å²) in [5.41, 5.74) is 1.09. The van der Waals surface area contributed by atoms with Crippen molar-refractivity contribution in [2.45, 2.75) is 45.6 Å². The lowest BCUT2D eigenvalue weighted by Crippen LogP contribution is -2.14. The highest BCUT2D eigenvalue weighted by atomic mass is 35.5. The summed E-state index contributed by atoms with van der Waals surface area (Å²) in [5, 5.41) is 0. The van der Waals surface area contributed by atoms with Crippen molar-refractivity contribution in [1.82, 2.24) is 9.55 Å². The van der Waals surface area contributed by atoms with Crippen LogP contribution < -0.4 is 0 Å². The summed E-state index contributed by atoms with van der Waals surface area (Å²) < 4.78 is 29.5. The minimum absolute atomic E-state index is 0.254. The van der Waals surface area contributed by atoms with E-state index in [-0.39, 0.29) is 10.9 Å². The molecule has 0 saturated heterocycles. The van der Waals surface area contributed by atoms with Gasteiger partial charge in [0.2, 0.25) is 0 Å². The van der Waals surface area contributed by atoms with Gasteiger partial charge in [-0.15, -0.1) is 11.6 Å². The third-order valence-corrected chi connectivity index (χ3v) is 4.59. The number of benzene rings is 1. The first-order valence-electron chi connectivity index (χ1n) is 7.49. The maximum atomic E-state index is 13.9. The molecule has 2 aromatic rings. The van der Waals surface area contributed by atoms with Gasteiger partial charge in [-0.1, -0.05) is 13.3 Å². The Bertz CT molecular complexity index is 662. The van der Waals surface area contributed by atoms with Crippen molar-refractivity contribution in [3.63, 3.8) is 0 Å². The van der Waals surface area contributed by atoms with Crippen LogP contribution in [0.4, 0.5) is 8.78 Å². The van der Waals surface area contributed by atoms with E-state index in [9.17, 15) is 8.78 Å². The number of halogens is 3. The Balaban J connectivity index is 2.07. The zero-order chi connectivity index (χ0) is 15.0. The third kappa shape index (κ3) is 2.78. The number of rotatable bonds is 6. The maximum absolute atomic E-state index is 13.9. The normalized spacial score (nSPS) is 16.6. The molecule has 0 N–H and O–H groups in total. The third-order valence-electron chi connectivity index (χ3n) is 4.40. The molecule has 0 radical (unpaired) electrons. The Morgan fingerprint density at radius 2 is 2.10 bits per heavy atom. The highest BCUT2D eigenvalue weighted by Crippen LogP contribution is 2.51. The van der Waals surface area contributed by atoms with E-state index in [1.54, 1.807) is 0 Å². The molecule has 0 bridgehead atoms. The molecule has 114 valence electrons. The van der Waals surface area contributed by atoms with Crippen LogP contribution in [0, 0.1) is 17.0 Å². The van der Waals surface area contributed by atoms with E-state index < -0.39 is 11.6 Å². The van der Waals surface area contributed by atoms with Gasteiger partial charge in [-0.25, -0.2) is 13.8 Å².